The summed E-state index contributed by atoms with van der Waals surface area (Å²) in [6, 6.07) is 65.3. The minimum Gasteiger partial charge on any atom is -0.480 e. The Labute approximate surface area is 824 Å². The Morgan fingerprint density at radius 1 is 0.396 bits per heavy atom. The van der Waals surface area contributed by atoms with Crippen molar-refractivity contribution < 1.29 is 72.7 Å². The number of ketones is 1. The van der Waals surface area contributed by atoms with Crippen molar-refractivity contribution in [1.29, 1.82) is 0 Å². The minimum atomic E-state index is -0.967. The minimum absolute atomic E-state index is 0.00417. The number of carboxylic acids is 1. The van der Waals surface area contributed by atoms with Crippen molar-refractivity contribution in [2.75, 3.05) is 104 Å². The smallest absolute Gasteiger partial charge is 0.414 e. The molecule has 0 aromatic heterocycles. The molecule has 0 atom stereocenters. The predicted molar refractivity (Wildman–Crippen MR) is 557 cm³/mol. The molecule has 9 amide bonds. The first-order valence-corrected chi connectivity index (χ1v) is 48.9. The van der Waals surface area contributed by atoms with Crippen LogP contribution in [0.5, 0.6) is 0 Å². The van der Waals surface area contributed by atoms with Crippen LogP contribution in [0.2, 0.25) is 0 Å². The molecule has 0 aliphatic carbocycles. The van der Waals surface area contributed by atoms with Crippen molar-refractivity contribution in [3.8, 4) is 0 Å². The zero-order valence-corrected chi connectivity index (χ0v) is 85.6. The third-order valence-corrected chi connectivity index (χ3v) is 24.7. The topological polar surface area (TPSA) is 345 Å². The number of carbonyl (C=O) groups is 10. The zero-order chi connectivity index (χ0) is 102. The number of hydrogen-bond donors (Lipinski definition) is 7. The molecule has 0 saturated carbocycles. The van der Waals surface area contributed by atoms with Crippen LogP contribution in [0, 0.1) is 6.92 Å². The van der Waals surface area contributed by atoms with Crippen molar-refractivity contribution in [2.45, 2.75) is 250 Å². The van der Waals surface area contributed by atoms with Gasteiger partial charge in [-0.15, -0.1) is 0 Å². The predicted octanol–water partition coefficient (Wildman–Crippen LogP) is 20.3. The van der Waals surface area contributed by atoms with Gasteiger partial charge in [-0.3, -0.25) is 43.3 Å². The molecular weight excluding hydrogens is 1750 g/mol. The molecule has 3 saturated heterocycles. The summed E-state index contributed by atoms with van der Waals surface area (Å²) in [5.74, 6) is 3.29. The zero-order valence-electron chi connectivity index (χ0n) is 85.6. The van der Waals surface area contributed by atoms with Gasteiger partial charge in [0.15, 0.2) is 5.78 Å². The standard InChI is InChI=1S/C14H18N2O2.C14H17NO3.C14H19NO2.C13H17NO2.C13H17NO.C13H18O2.C12H15NO2.C11H17N.C10H14N2O/c1-9(2)10-3-4-11-7-16(8-13(15)17)14(18)6-12(11)5-10;1-9(2)10-3-4-11-7-15(8-14(17)18)13(16)6-12(11)5-10;1-10(2)11-3-4-12-9-15(5-6-16)14(17)8-13(12)7-11;1-10(2)11-3-5-12(6-4-11)14-7-8-16-9-13(14)15;1-10(2)11-5-7-12(8-6-11)14-9-3-4-13(14)15;1-9(2)11-5-4-10(3)12(6-11)7-13(15)8-14;1-9(2)10-3-5-11(6-4-10)13-7-8-15-12(13)14;1-4-12-11-7-5-10(6-8-11)9(2)3;1-7(2)8-3-5-9(6-4-8)12-10(11)13/h3-5,9H,6-8H2,1-2H3,(H2,15,17);3-5,9H,6-8H2,1-2H3,(H,17,18);3-4,7,10,16H,5-6,8-9H2,1-2H3;3-6,10H,7-9H2,1-2H3;5-8,10H,3-4,9H2,1-2H3;4-6,9,14H,7-8H2,1-3H3;3-6,9H,7-8H2,1-2H3;5-9,12H,4H2,1-3H3;3-7H,1-2H3,(H3,11,12,13). The first kappa shape index (κ1) is 113. The van der Waals surface area contributed by atoms with Crippen LogP contribution in [-0.2, 0) is 93.1 Å². The summed E-state index contributed by atoms with van der Waals surface area (Å²) in [6.45, 7) is 48.7. The number of β-amino-alcohol motifs (C(OH)–C–C–N with tert-alkyl or cyclic N) is 1. The van der Waals surface area contributed by atoms with Crippen LogP contribution in [0.15, 0.2) is 194 Å². The van der Waals surface area contributed by atoms with Gasteiger partial charge in [0.05, 0.1) is 45.6 Å². The maximum atomic E-state index is 11.9. The lowest BCUT2D eigenvalue weighted by Gasteiger charge is -2.28. The van der Waals surface area contributed by atoms with Gasteiger partial charge in [0, 0.05) is 87.1 Å². The number of fused-ring (bicyclic) bond motifs is 3. The van der Waals surface area contributed by atoms with E-state index >= 15 is 0 Å². The number of amides is 9. The number of Topliss-reactive ketones (excluding diaryl/α,β-unsaturated/α-hetero) is 1. The molecule has 0 bridgehead atoms. The quantitative estimate of drug-likeness (QED) is 0.0295. The number of aliphatic hydroxyl groups is 2. The van der Waals surface area contributed by atoms with Gasteiger partial charge in [0.2, 0.25) is 29.5 Å². The molecule has 0 radical (unpaired) electrons. The van der Waals surface area contributed by atoms with E-state index in [0.29, 0.717) is 138 Å². The monoisotopic (exact) mass is 1900 g/mol. The Kier molecular flexibility index (Phi) is 45.8. The number of primary amides is 2. The molecule has 748 valence electrons. The Bertz CT molecular complexity index is 5330. The van der Waals surface area contributed by atoms with E-state index in [1.165, 1.54) is 71.1 Å². The lowest BCUT2D eigenvalue weighted by molar-refractivity contribution is -0.145. The number of nitrogens with zero attached hydrogens (tertiary/aromatic N) is 6. The van der Waals surface area contributed by atoms with Crippen LogP contribution in [0.1, 0.15) is 292 Å². The van der Waals surface area contributed by atoms with Crippen molar-refractivity contribution in [1.82, 2.24) is 14.7 Å². The molecule has 139 heavy (non-hydrogen) atoms. The fourth-order valence-electron chi connectivity index (χ4n) is 15.9. The largest absolute Gasteiger partial charge is 0.480 e. The molecule has 3 fully saturated rings. The van der Waals surface area contributed by atoms with Gasteiger partial charge < -0.3 is 71.4 Å². The molecule has 9 aromatic rings. The molecule has 15 rings (SSSR count). The third kappa shape index (κ3) is 36.5. The van der Waals surface area contributed by atoms with Gasteiger partial charge in [-0.2, -0.15) is 0 Å². The second kappa shape index (κ2) is 56.3. The fraction of sp³-hybridized carbons (Fsp3) is 0.439. The van der Waals surface area contributed by atoms with E-state index in [4.69, 9.17) is 36.3 Å². The molecule has 9 N–H and O–H groups in total. The Hall–Kier alpha value is -12.8. The lowest BCUT2D eigenvalue weighted by Crippen LogP contribution is -2.41. The summed E-state index contributed by atoms with van der Waals surface area (Å²) in [5.41, 5.74) is 35.3. The number of morpholine rings is 1. The van der Waals surface area contributed by atoms with Crippen LogP contribution in [0.4, 0.5) is 38.0 Å². The number of nitrogens with one attached hydrogen (secondary N) is 2. The maximum absolute atomic E-state index is 11.9. The normalized spacial score (nSPS) is 14.2. The van der Waals surface area contributed by atoms with Gasteiger partial charge >= 0.3 is 18.1 Å². The Morgan fingerprint density at radius 3 is 1.09 bits per heavy atom. The number of carboxylic acid groups (broad SMARTS) is 1. The second-order valence-electron chi connectivity index (χ2n) is 38.5. The first-order chi connectivity index (χ1) is 66.0. The number of aliphatic hydroxyl groups excluding tert-OH is 2. The molecule has 25 heteroatoms. The van der Waals surface area contributed by atoms with E-state index in [1.807, 2.05) is 78.6 Å². The van der Waals surface area contributed by atoms with E-state index in [-0.39, 0.29) is 74.3 Å². The first-order valence-electron chi connectivity index (χ1n) is 48.9. The maximum Gasteiger partial charge on any atom is 0.414 e. The highest BCUT2D eigenvalue weighted by molar-refractivity contribution is 5.96. The van der Waals surface area contributed by atoms with Gasteiger partial charge in [0.25, 0.3) is 5.91 Å². The van der Waals surface area contributed by atoms with Gasteiger partial charge in [-0.25, -0.2) is 9.59 Å². The Morgan fingerprint density at radius 2 is 0.748 bits per heavy atom. The van der Waals surface area contributed by atoms with Crippen molar-refractivity contribution >= 4 is 87.8 Å². The number of rotatable bonds is 24. The number of carbonyl (C=O) groups excluding carboxylic acids is 9. The number of benzene rings is 9. The number of ether oxygens (including phenoxy) is 2. The summed E-state index contributed by atoms with van der Waals surface area (Å²) >= 11 is 0. The third-order valence-electron chi connectivity index (χ3n) is 24.7. The summed E-state index contributed by atoms with van der Waals surface area (Å²) in [5, 5.41) is 32.2. The summed E-state index contributed by atoms with van der Waals surface area (Å²) in [6.07, 6.45) is 2.93. The van der Waals surface area contributed by atoms with E-state index < -0.39 is 17.9 Å². The molecule has 6 aliphatic heterocycles. The number of nitrogens with two attached hydrogens (primary N) is 2. The van der Waals surface area contributed by atoms with E-state index in [9.17, 15) is 47.9 Å². The van der Waals surface area contributed by atoms with Crippen LogP contribution < -0.4 is 36.8 Å². The van der Waals surface area contributed by atoms with Gasteiger partial charge in [-0.1, -0.05) is 258 Å². The Balaban J connectivity index is 0.000000213. The number of aryl methyl sites for hydroxylation is 1. The average molecular weight is 1900 g/mol. The van der Waals surface area contributed by atoms with E-state index in [0.717, 1.165) is 81.2 Å². The van der Waals surface area contributed by atoms with Gasteiger partial charge in [0.1, 0.15) is 26.4 Å². The fourth-order valence-corrected chi connectivity index (χ4v) is 15.9. The molecule has 9 aromatic carbocycles. The lowest BCUT2D eigenvalue weighted by atomic mass is 9.93. The summed E-state index contributed by atoms with van der Waals surface area (Å²) in [7, 11) is 0. The highest BCUT2D eigenvalue weighted by Crippen LogP contribution is 2.32. The molecule has 25 nitrogen and oxygen atoms in total. The second-order valence-corrected chi connectivity index (χ2v) is 38.5. The van der Waals surface area contributed by atoms with Crippen molar-refractivity contribution in [3.05, 3.63) is 289 Å². The number of hydrogen-bond acceptors (Lipinski definition) is 15. The number of urea groups is 1. The van der Waals surface area contributed by atoms with E-state index in [2.05, 4.69) is 270 Å². The van der Waals surface area contributed by atoms with E-state index in [1.54, 1.807) is 14.7 Å². The molecule has 0 unspecified atom stereocenters. The van der Waals surface area contributed by atoms with Crippen LogP contribution in [0.3, 0.4) is 0 Å². The van der Waals surface area contributed by atoms with Crippen LogP contribution in [-0.4, -0.2) is 168 Å². The summed E-state index contributed by atoms with van der Waals surface area (Å²) in [4.78, 5) is 123. The van der Waals surface area contributed by atoms with Crippen LogP contribution in [0.25, 0.3) is 0 Å². The summed E-state index contributed by atoms with van der Waals surface area (Å²) < 4.78 is 9.99. The molecular formula is C114H152N10O15. The van der Waals surface area contributed by atoms with Crippen molar-refractivity contribution in [2.24, 2.45) is 11.5 Å². The SMILES string of the molecule is CC(C)c1ccc(N2CCCC2=O)cc1.CC(C)c1ccc(N2CCOC2=O)cc1.CC(C)c1ccc(N2CCOCC2=O)cc1.CC(C)c1ccc(NC(N)=O)cc1.CC(C)c1ccc2c(c1)CC(=O)N(CC(=O)O)C2.CC(C)c1ccc2c(c1)CC(=O)N(CC(N)=O)C2.CC(C)c1ccc2c(c1)CC(=O)N(CCO)C2.CCNc1ccc(C(C)C)cc1.Cc1ccc(C(C)C)cc1CC(=O)CO. The van der Waals surface area contributed by atoms with Crippen molar-refractivity contribution in [3.63, 3.8) is 0 Å². The van der Waals surface area contributed by atoms with Crippen LogP contribution >= 0.6 is 0 Å². The molecule has 6 aliphatic rings. The molecule has 0 spiro atoms. The van der Waals surface area contributed by atoms with Gasteiger partial charge in [-0.05, 0) is 229 Å². The number of anilines is 5. The number of aliphatic carboxylic acids is 1. The number of cyclic esters (lactones) is 1. The highest BCUT2D eigenvalue weighted by Gasteiger charge is 2.30. The average Bonchev–Trinajstić information content (AvgIpc) is 1.47. The molecule has 6 heterocycles. The highest BCUT2D eigenvalue weighted by atomic mass is 16.6.